The average molecular weight is 366 g/mol. The van der Waals surface area contributed by atoms with Gasteiger partial charge in [0, 0.05) is 19.2 Å². The molecule has 0 unspecified atom stereocenters. The minimum Gasteiger partial charge on any atom is -0.468 e. The highest BCUT2D eigenvalue weighted by atomic mass is 16.3. The highest BCUT2D eigenvalue weighted by molar-refractivity contribution is 5.97. The van der Waals surface area contributed by atoms with E-state index in [9.17, 15) is 9.59 Å². The fourth-order valence-electron chi connectivity index (χ4n) is 3.59. The van der Waals surface area contributed by atoms with Gasteiger partial charge >= 0.3 is 0 Å². The van der Waals surface area contributed by atoms with Gasteiger partial charge < -0.3 is 14.3 Å². The van der Waals surface area contributed by atoms with Crippen molar-refractivity contribution >= 4 is 16.8 Å². The molecule has 0 radical (unpaired) electrons. The number of rotatable bonds is 5. The zero-order valence-electron chi connectivity index (χ0n) is 15.2. The molecule has 0 spiro atoms. The van der Waals surface area contributed by atoms with Gasteiger partial charge in [0.1, 0.15) is 5.76 Å². The normalized spacial score (nSPS) is 15.9. The van der Waals surface area contributed by atoms with Crippen LogP contribution >= 0.6 is 0 Å². The molecule has 1 N–H and O–H groups in total. The molecule has 140 valence electrons. The van der Waals surface area contributed by atoms with E-state index in [1.807, 2.05) is 12.1 Å². The van der Waals surface area contributed by atoms with Crippen molar-refractivity contribution in [2.24, 2.45) is 7.05 Å². The summed E-state index contributed by atoms with van der Waals surface area (Å²) in [6.07, 6.45) is 5.45. The number of amides is 1. The van der Waals surface area contributed by atoms with Crippen LogP contribution < -0.4 is 10.9 Å². The molecular weight excluding hydrogens is 344 g/mol. The van der Waals surface area contributed by atoms with Gasteiger partial charge in [0.25, 0.3) is 11.5 Å². The molecule has 1 aliphatic rings. The number of nitrogens with zero attached hydrogens (tertiary/aromatic N) is 3. The molecule has 0 bridgehead atoms. The standard InChI is InChI=1S/C20H22N4O3/c1-23-13-22-16-11-14(6-7-15(16)20(23)26)19(25)21-12-17(18-5-4-10-27-18)24-8-2-3-9-24/h4-7,10-11,13,17H,2-3,8-9,12H2,1H3,(H,21,25)/t17-/m1/s1. The third kappa shape index (κ3) is 3.50. The highest BCUT2D eigenvalue weighted by Crippen LogP contribution is 2.25. The van der Waals surface area contributed by atoms with E-state index in [-0.39, 0.29) is 17.5 Å². The maximum atomic E-state index is 12.7. The predicted octanol–water partition coefficient (Wildman–Crippen LogP) is 2.09. The molecule has 1 aliphatic heterocycles. The smallest absolute Gasteiger partial charge is 0.260 e. The number of hydrogen-bond donors (Lipinski definition) is 1. The number of furan rings is 1. The van der Waals surface area contributed by atoms with E-state index in [0.717, 1.165) is 31.7 Å². The van der Waals surface area contributed by atoms with Gasteiger partial charge in [-0.15, -0.1) is 0 Å². The molecule has 2 aromatic heterocycles. The van der Waals surface area contributed by atoms with Crippen molar-refractivity contribution in [2.45, 2.75) is 18.9 Å². The zero-order chi connectivity index (χ0) is 18.8. The first kappa shape index (κ1) is 17.5. The molecule has 3 aromatic rings. The second kappa shape index (κ2) is 7.36. The molecule has 1 saturated heterocycles. The number of benzene rings is 1. The van der Waals surface area contributed by atoms with Crippen LogP contribution in [-0.4, -0.2) is 40.0 Å². The topological polar surface area (TPSA) is 80.4 Å². The SMILES string of the molecule is Cn1cnc2cc(C(=O)NC[C@H](c3ccco3)N3CCCC3)ccc2c1=O. The summed E-state index contributed by atoms with van der Waals surface area (Å²) in [5.74, 6) is 0.677. The van der Waals surface area contributed by atoms with Crippen molar-refractivity contribution in [2.75, 3.05) is 19.6 Å². The first-order valence-corrected chi connectivity index (χ1v) is 9.14. The number of carbonyl (C=O) groups is 1. The van der Waals surface area contributed by atoms with Gasteiger partial charge in [-0.05, 0) is 56.3 Å². The maximum Gasteiger partial charge on any atom is 0.260 e. The number of carbonyl (C=O) groups excluding carboxylic acids is 1. The number of aryl methyl sites for hydroxylation is 1. The van der Waals surface area contributed by atoms with Crippen molar-refractivity contribution in [3.05, 3.63) is 64.6 Å². The Balaban J connectivity index is 1.52. The number of likely N-dealkylation sites (tertiary alicyclic amines) is 1. The van der Waals surface area contributed by atoms with Crippen molar-refractivity contribution in [1.82, 2.24) is 19.8 Å². The summed E-state index contributed by atoms with van der Waals surface area (Å²) in [6.45, 7) is 2.48. The Bertz CT molecular complexity index is 1000. The average Bonchev–Trinajstić information content (AvgIpc) is 3.39. The number of nitrogens with one attached hydrogen (secondary N) is 1. The molecule has 0 aliphatic carbocycles. The molecule has 1 fully saturated rings. The van der Waals surface area contributed by atoms with E-state index in [0.29, 0.717) is 23.0 Å². The van der Waals surface area contributed by atoms with Crippen molar-refractivity contribution in [1.29, 1.82) is 0 Å². The summed E-state index contributed by atoms with van der Waals surface area (Å²) >= 11 is 0. The summed E-state index contributed by atoms with van der Waals surface area (Å²) in [7, 11) is 1.66. The van der Waals surface area contributed by atoms with Crippen molar-refractivity contribution in [3.8, 4) is 0 Å². The Morgan fingerprint density at radius 3 is 2.85 bits per heavy atom. The van der Waals surface area contributed by atoms with Crippen molar-refractivity contribution in [3.63, 3.8) is 0 Å². The third-order valence-corrected chi connectivity index (χ3v) is 5.09. The monoisotopic (exact) mass is 366 g/mol. The second-order valence-electron chi connectivity index (χ2n) is 6.88. The largest absolute Gasteiger partial charge is 0.468 e. The molecule has 27 heavy (non-hydrogen) atoms. The first-order chi connectivity index (χ1) is 13.1. The van der Waals surface area contributed by atoms with Crippen LogP contribution in [0.4, 0.5) is 0 Å². The summed E-state index contributed by atoms with van der Waals surface area (Å²) < 4.78 is 7.01. The molecule has 7 heteroatoms. The number of aromatic nitrogens is 2. The Morgan fingerprint density at radius 2 is 2.11 bits per heavy atom. The quantitative estimate of drug-likeness (QED) is 0.748. The molecule has 1 aromatic carbocycles. The summed E-state index contributed by atoms with van der Waals surface area (Å²) in [5.41, 5.74) is 0.884. The second-order valence-corrected chi connectivity index (χ2v) is 6.88. The fourth-order valence-corrected chi connectivity index (χ4v) is 3.59. The van der Waals surface area contributed by atoms with Crippen LogP contribution in [0.25, 0.3) is 10.9 Å². The Kier molecular flexibility index (Phi) is 4.77. The van der Waals surface area contributed by atoms with Crippen LogP contribution in [0.3, 0.4) is 0 Å². The van der Waals surface area contributed by atoms with E-state index < -0.39 is 0 Å². The van der Waals surface area contributed by atoms with Crippen LogP contribution in [0.15, 0.2) is 52.1 Å². The van der Waals surface area contributed by atoms with E-state index in [2.05, 4.69) is 15.2 Å². The summed E-state index contributed by atoms with van der Waals surface area (Å²) in [6, 6.07) is 8.82. The molecule has 3 heterocycles. The van der Waals surface area contributed by atoms with Gasteiger partial charge in [-0.3, -0.25) is 14.5 Å². The molecule has 1 amide bonds. The van der Waals surface area contributed by atoms with E-state index in [4.69, 9.17) is 4.42 Å². The number of hydrogen-bond acceptors (Lipinski definition) is 5. The van der Waals surface area contributed by atoms with Crippen LogP contribution in [0.1, 0.15) is 35.0 Å². The van der Waals surface area contributed by atoms with Crippen molar-refractivity contribution < 1.29 is 9.21 Å². The third-order valence-electron chi connectivity index (χ3n) is 5.09. The summed E-state index contributed by atoms with van der Waals surface area (Å²) in [4.78, 5) is 31.3. The van der Waals surface area contributed by atoms with E-state index in [1.165, 1.54) is 10.9 Å². The maximum absolute atomic E-state index is 12.7. The minimum absolute atomic E-state index is 0.0253. The van der Waals surface area contributed by atoms with Crippen LogP contribution in [0, 0.1) is 0 Å². The first-order valence-electron chi connectivity index (χ1n) is 9.14. The van der Waals surface area contributed by atoms with Crippen LogP contribution in [-0.2, 0) is 7.05 Å². The summed E-state index contributed by atoms with van der Waals surface area (Å²) in [5, 5.41) is 3.51. The highest BCUT2D eigenvalue weighted by Gasteiger charge is 2.26. The van der Waals surface area contributed by atoms with Gasteiger partial charge in [-0.25, -0.2) is 4.98 Å². The van der Waals surface area contributed by atoms with Gasteiger partial charge in [-0.1, -0.05) is 0 Å². The molecule has 0 saturated carbocycles. The predicted molar refractivity (Wildman–Crippen MR) is 102 cm³/mol. The van der Waals surface area contributed by atoms with E-state index in [1.54, 1.807) is 31.5 Å². The zero-order valence-corrected chi connectivity index (χ0v) is 15.2. The Labute approximate surface area is 156 Å². The lowest BCUT2D eigenvalue weighted by molar-refractivity contribution is 0.0934. The lowest BCUT2D eigenvalue weighted by Gasteiger charge is -2.26. The Morgan fingerprint density at radius 1 is 1.30 bits per heavy atom. The molecule has 1 atom stereocenters. The molecular formula is C20H22N4O3. The van der Waals surface area contributed by atoms with Crippen LogP contribution in [0.5, 0.6) is 0 Å². The Hall–Kier alpha value is -2.93. The fraction of sp³-hybridized carbons (Fsp3) is 0.350. The molecule has 7 nitrogen and oxygen atoms in total. The molecule has 4 rings (SSSR count). The lowest BCUT2D eigenvalue weighted by Crippen LogP contribution is -2.36. The van der Waals surface area contributed by atoms with Gasteiger partial charge in [-0.2, -0.15) is 0 Å². The van der Waals surface area contributed by atoms with E-state index >= 15 is 0 Å². The minimum atomic E-state index is -0.185. The van der Waals surface area contributed by atoms with Gasteiger partial charge in [0.15, 0.2) is 0 Å². The number of fused-ring (bicyclic) bond motifs is 1. The van der Waals surface area contributed by atoms with Crippen LogP contribution in [0.2, 0.25) is 0 Å². The van der Waals surface area contributed by atoms with Gasteiger partial charge in [0.2, 0.25) is 0 Å². The lowest BCUT2D eigenvalue weighted by atomic mass is 10.1. The van der Waals surface area contributed by atoms with Gasteiger partial charge in [0.05, 0.1) is 29.5 Å².